The zero-order valence-electron chi connectivity index (χ0n) is 11.1. The summed E-state index contributed by atoms with van der Waals surface area (Å²) in [4.78, 5) is 7.91. The van der Waals surface area contributed by atoms with Crippen LogP contribution in [0.1, 0.15) is 16.8 Å². The summed E-state index contributed by atoms with van der Waals surface area (Å²) in [5, 5.41) is 20.8. The highest BCUT2D eigenvalue weighted by Gasteiger charge is 2.02. The third kappa shape index (κ3) is 2.58. The molecule has 4 nitrogen and oxygen atoms in total. The van der Waals surface area contributed by atoms with E-state index >= 15 is 0 Å². The zero-order chi connectivity index (χ0) is 14.7. The third-order valence-electron chi connectivity index (χ3n) is 3.16. The van der Waals surface area contributed by atoms with Crippen LogP contribution in [-0.4, -0.2) is 15.1 Å². The molecule has 21 heavy (non-hydrogen) atoms. The van der Waals surface area contributed by atoms with E-state index in [0.29, 0.717) is 11.3 Å². The average molecular weight is 273 g/mol. The molecule has 0 fully saturated rings. The Kier molecular flexibility index (Phi) is 3.32. The van der Waals surface area contributed by atoms with Gasteiger partial charge in [-0.3, -0.25) is 0 Å². The molecule has 0 bridgehead atoms. The minimum absolute atomic E-state index is 0.205. The van der Waals surface area contributed by atoms with E-state index in [1.54, 1.807) is 18.2 Å². The van der Waals surface area contributed by atoms with E-state index in [0.717, 1.165) is 16.3 Å². The first kappa shape index (κ1) is 12.8. The second kappa shape index (κ2) is 5.43. The second-order valence-corrected chi connectivity index (χ2v) is 4.52. The lowest BCUT2D eigenvalue weighted by Gasteiger charge is -2.04. The van der Waals surface area contributed by atoms with Gasteiger partial charge in [-0.1, -0.05) is 30.3 Å². The number of phenolic OH excluding ortho intramolecular Hbond substituents is 1. The van der Waals surface area contributed by atoms with Gasteiger partial charge >= 0.3 is 0 Å². The first-order valence-electron chi connectivity index (χ1n) is 6.38. The Labute approximate surface area is 121 Å². The fourth-order valence-electron chi connectivity index (χ4n) is 2.19. The van der Waals surface area contributed by atoms with Gasteiger partial charge < -0.3 is 5.11 Å². The van der Waals surface area contributed by atoms with Gasteiger partial charge in [0.05, 0.1) is 11.3 Å². The minimum Gasteiger partial charge on any atom is -0.508 e. The number of fused-ring (bicyclic) bond motifs is 1. The first-order valence-corrected chi connectivity index (χ1v) is 6.38. The lowest BCUT2D eigenvalue weighted by molar-refractivity contribution is 0.476. The number of hydrogen-bond acceptors (Lipinski definition) is 4. The van der Waals surface area contributed by atoms with Crippen LogP contribution in [0.2, 0.25) is 0 Å². The summed E-state index contributed by atoms with van der Waals surface area (Å²) in [5.74, 6) is 0.205. The van der Waals surface area contributed by atoms with Crippen molar-refractivity contribution in [1.82, 2.24) is 9.97 Å². The monoisotopic (exact) mass is 273 g/mol. The number of rotatable bonds is 2. The highest BCUT2D eigenvalue weighted by atomic mass is 16.3. The molecule has 3 aromatic rings. The van der Waals surface area contributed by atoms with Gasteiger partial charge in [-0.15, -0.1) is 0 Å². The van der Waals surface area contributed by atoms with E-state index in [2.05, 4.69) is 16.0 Å². The summed E-state index contributed by atoms with van der Waals surface area (Å²) in [5.41, 5.74) is 1.84. The fourth-order valence-corrected chi connectivity index (χ4v) is 2.19. The fraction of sp³-hybridized carbons (Fsp3) is 0. The van der Waals surface area contributed by atoms with Gasteiger partial charge in [-0.25, -0.2) is 9.97 Å². The van der Waals surface area contributed by atoms with Crippen molar-refractivity contribution >= 4 is 22.9 Å². The van der Waals surface area contributed by atoms with Crippen molar-refractivity contribution in [2.24, 2.45) is 0 Å². The van der Waals surface area contributed by atoms with Crippen LogP contribution in [0.3, 0.4) is 0 Å². The minimum atomic E-state index is 0.205. The van der Waals surface area contributed by atoms with Crippen LogP contribution in [0.25, 0.3) is 22.9 Å². The molecule has 3 rings (SSSR count). The Morgan fingerprint density at radius 1 is 1.14 bits per heavy atom. The van der Waals surface area contributed by atoms with Crippen LogP contribution >= 0.6 is 0 Å². The summed E-state index contributed by atoms with van der Waals surface area (Å²) >= 11 is 0. The number of aromatic hydroxyl groups is 1. The molecule has 0 saturated heterocycles. The van der Waals surface area contributed by atoms with E-state index in [1.807, 2.05) is 30.3 Å². The number of phenols is 1. The molecule has 1 heterocycles. The molecular weight excluding hydrogens is 262 g/mol. The third-order valence-corrected chi connectivity index (χ3v) is 3.16. The van der Waals surface area contributed by atoms with E-state index in [1.165, 1.54) is 12.5 Å². The zero-order valence-corrected chi connectivity index (χ0v) is 11.1. The molecule has 0 radical (unpaired) electrons. The molecule has 0 aliphatic rings. The molecule has 0 saturated carbocycles. The van der Waals surface area contributed by atoms with Crippen molar-refractivity contribution in [3.05, 3.63) is 65.7 Å². The Morgan fingerprint density at radius 3 is 2.86 bits per heavy atom. The van der Waals surface area contributed by atoms with Gasteiger partial charge in [0, 0.05) is 6.20 Å². The van der Waals surface area contributed by atoms with Crippen molar-refractivity contribution in [3.8, 4) is 11.8 Å². The van der Waals surface area contributed by atoms with E-state index in [-0.39, 0.29) is 5.75 Å². The van der Waals surface area contributed by atoms with E-state index in [4.69, 9.17) is 5.26 Å². The highest BCUT2D eigenvalue weighted by molar-refractivity contribution is 5.94. The second-order valence-electron chi connectivity index (χ2n) is 4.52. The Morgan fingerprint density at radius 2 is 2.00 bits per heavy atom. The summed E-state index contributed by atoms with van der Waals surface area (Å²) in [6.07, 6.45) is 6.47. The van der Waals surface area contributed by atoms with Crippen LogP contribution in [0.5, 0.6) is 5.75 Å². The summed E-state index contributed by atoms with van der Waals surface area (Å²) in [6, 6.07) is 13.3. The number of aromatic nitrogens is 2. The average Bonchev–Trinajstić information content (AvgIpc) is 2.52. The molecule has 0 amide bonds. The molecule has 0 spiro atoms. The number of benzene rings is 2. The standard InChI is InChI=1S/C17H11N3O/c18-9-14-10-19-11-20-17(14)6-5-13-8-15(21)7-12-3-1-2-4-16(12)13/h1-8,10-11,21H/b6-5+. The van der Waals surface area contributed by atoms with Crippen molar-refractivity contribution in [3.63, 3.8) is 0 Å². The van der Waals surface area contributed by atoms with Crippen molar-refractivity contribution in [2.45, 2.75) is 0 Å². The van der Waals surface area contributed by atoms with Crippen LogP contribution in [0.4, 0.5) is 0 Å². The predicted molar refractivity (Wildman–Crippen MR) is 81.3 cm³/mol. The molecule has 4 heteroatoms. The number of nitrogens with zero attached hydrogens (tertiary/aromatic N) is 3. The lowest BCUT2D eigenvalue weighted by Crippen LogP contribution is -1.88. The Balaban J connectivity index is 2.10. The van der Waals surface area contributed by atoms with Gasteiger partial charge in [0.15, 0.2) is 0 Å². The quantitative estimate of drug-likeness (QED) is 0.777. The molecule has 2 aromatic carbocycles. The van der Waals surface area contributed by atoms with Crippen LogP contribution in [-0.2, 0) is 0 Å². The first-order chi connectivity index (χ1) is 10.3. The van der Waals surface area contributed by atoms with Crippen molar-refractivity contribution in [1.29, 1.82) is 5.26 Å². The van der Waals surface area contributed by atoms with Gasteiger partial charge in [0.1, 0.15) is 18.1 Å². The lowest BCUT2D eigenvalue weighted by atomic mass is 10.0. The SMILES string of the molecule is N#Cc1cncnc1/C=C/c1cc(O)cc2ccccc12. The van der Waals surface area contributed by atoms with Crippen molar-refractivity contribution in [2.75, 3.05) is 0 Å². The normalized spacial score (nSPS) is 10.8. The molecule has 0 aliphatic heterocycles. The summed E-state index contributed by atoms with van der Waals surface area (Å²) < 4.78 is 0. The summed E-state index contributed by atoms with van der Waals surface area (Å²) in [6.45, 7) is 0. The maximum Gasteiger partial charge on any atom is 0.116 e. The van der Waals surface area contributed by atoms with Crippen LogP contribution in [0, 0.1) is 11.3 Å². The van der Waals surface area contributed by atoms with E-state index in [9.17, 15) is 5.11 Å². The molecule has 0 atom stereocenters. The molecule has 100 valence electrons. The van der Waals surface area contributed by atoms with E-state index < -0.39 is 0 Å². The maximum absolute atomic E-state index is 9.80. The highest BCUT2D eigenvalue weighted by Crippen LogP contribution is 2.26. The topological polar surface area (TPSA) is 69.8 Å². The molecular formula is C17H11N3O. The Hall–Kier alpha value is -3.19. The molecule has 1 aromatic heterocycles. The molecule has 1 N–H and O–H groups in total. The summed E-state index contributed by atoms with van der Waals surface area (Å²) in [7, 11) is 0. The molecule has 0 aliphatic carbocycles. The molecule has 0 unspecified atom stereocenters. The largest absolute Gasteiger partial charge is 0.508 e. The Bertz CT molecular complexity index is 879. The van der Waals surface area contributed by atoms with Gasteiger partial charge in [0.2, 0.25) is 0 Å². The number of nitriles is 1. The predicted octanol–water partition coefficient (Wildman–Crippen LogP) is 3.38. The van der Waals surface area contributed by atoms with Gasteiger partial charge in [-0.05, 0) is 34.5 Å². The van der Waals surface area contributed by atoms with Crippen molar-refractivity contribution < 1.29 is 5.11 Å². The van der Waals surface area contributed by atoms with Crippen LogP contribution in [0.15, 0.2) is 48.9 Å². The van der Waals surface area contributed by atoms with Crippen LogP contribution < -0.4 is 0 Å². The van der Waals surface area contributed by atoms with Gasteiger partial charge in [0.25, 0.3) is 0 Å². The smallest absolute Gasteiger partial charge is 0.116 e. The number of hydrogen-bond donors (Lipinski definition) is 1. The van der Waals surface area contributed by atoms with Gasteiger partial charge in [-0.2, -0.15) is 5.26 Å². The maximum atomic E-state index is 9.80.